The Hall–Kier alpha value is -1.62. The summed E-state index contributed by atoms with van der Waals surface area (Å²) in [5, 5.41) is 0.158. The lowest BCUT2D eigenvalue weighted by atomic mass is 10.1. The fourth-order valence-electron chi connectivity index (χ4n) is 1.31. The Kier molecular flexibility index (Phi) is 5.09. The van der Waals surface area contributed by atoms with Gasteiger partial charge in [0.05, 0.1) is 18.8 Å². The molecule has 0 unspecified atom stereocenters. The highest BCUT2D eigenvalue weighted by Crippen LogP contribution is 2.18. The molecule has 0 aliphatic rings. The van der Waals surface area contributed by atoms with E-state index in [1.807, 2.05) is 0 Å². The second kappa shape index (κ2) is 6.35. The van der Waals surface area contributed by atoms with E-state index in [0.717, 1.165) is 0 Å². The van der Waals surface area contributed by atoms with E-state index in [-0.39, 0.29) is 29.6 Å². The summed E-state index contributed by atoms with van der Waals surface area (Å²) < 4.78 is 9.69. The first-order chi connectivity index (χ1) is 8.51. The molecule has 0 amide bonds. The zero-order valence-corrected chi connectivity index (χ0v) is 11.2. The maximum Gasteiger partial charge on any atom is 0.357 e. The molecule has 0 bridgehead atoms. The highest BCUT2D eigenvalue weighted by molar-refractivity contribution is 6.30. The number of ether oxygens (including phenoxy) is 2. The first-order valence-corrected chi connectivity index (χ1v) is 5.90. The fraction of sp³-hybridized carbons (Fsp3) is 0.417. The van der Waals surface area contributed by atoms with Crippen LogP contribution in [0.1, 0.15) is 40.3 Å². The van der Waals surface area contributed by atoms with Gasteiger partial charge in [-0.3, -0.25) is 0 Å². The Bertz CT molecular complexity index is 430. The molecule has 1 aromatic rings. The van der Waals surface area contributed by atoms with Crippen LogP contribution >= 0.6 is 11.6 Å². The van der Waals surface area contributed by atoms with Crippen LogP contribution in [0.2, 0.25) is 5.15 Å². The van der Waals surface area contributed by atoms with E-state index < -0.39 is 11.9 Å². The molecule has 0 saturated carbocycles. The number of pyridine rings is 1. The van der Waals surface area contributed by atoms with Crippen molar-refractivity contribution >= 4 is 23.5 Å². The van der Waals surface area contributed by atoms with E-state index in [1.165, 1.54) is 6.07 Å². The van der Waals surface area contributed by atoms with Crippen LogP contribution in [-0.2, 0) is 9.47 Å². The number of carbonyl (C=O) groups excluding carboxylic acids is 2. The summed E-state index contributed by atoms with van der Waals surface area (Å²) in [6, 6.07) is 1.47. The number of hydrogen-bond acceptors (Lipinski definition) is 5. The lowest BCUT2D eigenvalue weighted by molar-refractivity contribution is 0.0473. The van der Waals surface area contributed by atoms with Crippen molar-refractivity contribution in [3.63, 3.8) is 0 Å². The van der Waals surface area contributed by atoms with E-state index in [2.05, 4.69) is 4.98 Å². The second-order valence-corrected chi connectivity index (χ2v) is 3.79. The largest absolute Gasteiger partial charge is 0.462 e. The maximum atomic E-state index is 11.7. The van der Waals surface area contributed by atoms with Gasteiger partial charge < -0.3 is 9.47 Å². The Morgan fingerprint density at radius 3 is 2.33 bits per heavy atom. The summed E-state index contributed by atoms with van der Waals surface area (Å²) in [6.07, 6.45) is 0. The van der Waals surface area contributed by atoms with Crippen LogP contribution in [0.15, 0.2) is 6.07 Å². The molecule has 0 N–H and O–H groups in total. The number of aryl methyl sites for hydroxylation is 1. The third-order valence-corrected chi connectivity index (χ3v) is 2.50. The lowest BCUT2D eigenvalue weighted by Crippen LogP contribution is -2.16. The van der Waals surface area contributed by atoms with Crippen molar-refractivity contribution in [2.24, 2.45) is 0 Å². The lowest BCUT2D eigenvalue weighted by Gasteiger charge is -2.09. The molecule has 1 rings (SSSR count). The average molecular weight is 272 g/mol. The number of hydrogen-bond donors (Lipinski definition) is 0. The molecular weight excluding hydrogens is 258 g/mol. The van der Waals surface area contributed by atoms with Crippen molar-refractivity contribution in [1.82, 2.24) is 4.98 Å². The second-order valence-electron chi connectivity index (χ2n) is 3.43. The molecule has 0 aromatic carbocycles. The van der Waals surface area contributed by atoms with Gasteiger partial charge in [0.2, 0.25) is 0 Å². The Morgan fingerprint density at radius 1 is 1.22 bits per heavy atom. The number of carbonyl (C=O) groups is 2. The zero-order valence-electron chi connectivity index (χ0n) is 10.4. The Labute approximate surface area is 110 Å². The number of nitrogens with zero attached hydrogens (tertiary/aromatic N) is 1. The van der Waals surface area contributed by atoms with Gasteiger partial charge in [0.1, 0.15) is 5.15 Å². The Morgan fingerprint density at radius 2 is 1.78 bits per heavy atom. The SMILES string of the molecule is CCOC(=O)c1cc(C)c(Cl)nc1C(=O)OCC. The smallest absolute Gasteiger partial charge is 0.357 e. The van der Waals surface area contributed by atoms with Crippen LogP contribution < -0.4 is 0 Å². The van der Waals surface area contributed by atoms with Gasteiger partial charge in [-0.2, -0.15) is 0 Å². The van der Waals surface area contributed by atoms with E-state index in [1.54, 1.807) is 20.8 Å². The van der Waals surface area contributed by atoms with Crippen molar-refractivity contribution in [3.8, 4) is 0 Å². The molecule has 1 heterocycles. The van der Waals surface area contributed by atoms with Gasteiger partial charge in [0, 0.05) is 0 Å². The van der Waals surface area contributed by atoms with Gasteiger partial charge >= 0.3 is 11.9 Å². The molecule has 98 valence electrons. The summed E-state index contributed by atoms with van der Waals surface area (Å²) in [6.45, 7) is 5.43. The summed E-state index contributed by atoms with van der Waals surface area (Å²) in [5.74, 6) is -1.31. The van der Waals surface area contributed by atoms with Crippen LogP contribution in [0.5, 0.6) is 0 Å². The third-order valence-electron chi connectivity index (χ3n) is 2.12. The maximum absolute atomic E-state index is 11.7. The molecule has 0 aliphatic carbocycles. The van der Waals surface area contributed by atoms with Gasteiger partial charge in [-0.25, -0.2) is 14.6 Å². The predicted octanol–water partition coefficient (Wildman–Crippen LogP) is 2.40. The van der Waals surface area contributed by atoms with Crippen LogP contribution in [0.4, 0.5) is 0 Å². The van der Waals surface area contributed by atoms with Gasteiger partial charge in [0.15, 0.2) is 5.69 Å². The van der Waals surface area contributed by atoms with Crippen molar-refractivity contribution in [2.75, 3.05) is 13.2 Å². The standard InChI is InChI=1S/C12H14ClNO4/c1-4-17-11(15)8-6-7(3)10(13)14-9(8)12(16)18-5-2/h6H,4-5H2,1-3H3. The molecule has 5 nitrogen and oxygen atoms in total. The monoisotopic (exact) mass is 271 g/mol. The fourth-order valence-corrected chi connectivity index (χ4v) is 1.45. The first kappa shape index (κ1) is 14.4. The van der Waals surface area contributed by atoms with Gasteiger partial charge in [-0.1, -0.05) is 11.6 Å². The quantitative estimate of drug-likeness (QED) is 0.621. The van der Waals surface area contributed by atoms with E-state index in [9.17, 15) is 9.59 Å². The van der Waals surface area contributed by atoms with E-state index >= 15 is 0 Å². The van der Waals surface area contributed by atoms with Crippen molar-refractivity contribution < 1.29 is 19.1 Å². The molecule has 0 atom stereocenters. The molecule has 0 aliphatic heterocycles. The van der Waals surface area contributed by atoms with Crippen LogP contribution in [0.25, 0.3) is 0 Å². The van der Waals surface area contributed by atoms with Crippen molar-refractivity contribution in [3.05, 3.63) is 28.0 Å². The highest BCUT2D eigenvalue weighted by atomic mass is 35.5. The van der Waals surface area contributed by atoms with Crippen LogP contribution in [0, 0.1) is 6.92 Å². The Balaban J connectivity index is 3.25. The van der Waals surface area contributed by atoms with E-state index in [0.29, 0.717) is 5.56 Å². The topological polar surface area (TPSA) is 65.5 Å². The molecule has 1 aromatic heterocycles. The summed E-state index contributed by atoms with van der Waals surface area (Å²) in [4.78, 5) is 27.3. The molecule has 6 heteroatoms. The summed E-state index contributed by atoms with van der Waals surface area (Å²) in [7, 11) is 0. The number of aromatic nitrogens is 1. The molecule has 18 heavy (non-hydrogen) atoms. The minimum absolute atomic E-state index is 0.0669. The number of rotatable bonds is 4. The minimum atomic E-state index is -0.692. The van der Waals surface area contributed by atoms with Gasteiger partial charge in [0.25, 0.3) is 0 Å². The number of halogens is 1. The van der Waals surface area contributed by atoms with E-state index in [4.69, 9.17) is 21.1 Å². The van der Waals surface area contributed by atoms with Gasteiger partial charge in [-0.05, 0) is 32.4 Å². The normalized spacial score (nSPS) is 10.0. The van der Waals surface area contributed by atoms with Crippen LogP contribution in [0.3, 0.4) is 0 Å². The number of esters is 2. The molecule has 0 fully saturated rings. The van der Waals surface area contributed by atoms with Crippen LogP contribution in [-0.4, -0.2) is 30.1 Å². The van der Waals surface area contributed by atoms with Crippen molar-refractivity contribution in [1.29, 1.82) is 0 Å². The molecule has 0 spiro atoms. The predicted molar refractivity (Wildman–Crippen MR) is 65.9 cm³/mol. The van der Waals surface area contributed by atoms with Crippen molar-refractivity contribution in [2.45, 2.75) is 20.8 Å². The molecule has 0 saturated heterocycles. The third kappa shape index (κ3) is 3.20. The summed E-state index contributed by atoms with van der Waals surface area (Å²) in [5.41, 5.74) is 0.538. The van der Waals surface area contributed by atoms with Gasteiger partial charge in [-0.15, -0.1) is 0 Å². The zero-order chi connectivity index (χ0) is 13.7. The molecule has 0 radical (unpaired) electrons. The average Bonchev–Trinajstić information content (AvgIpc) is 2.32. The minimum Gasteiger partial charge on any atom is -0.462 e. The first-order valence-electron chi connectivity index (χ1n) is 5.52. The highest BCUT2D eigenvalue weighted by Gasteiger charge is 2.22. The molecular formula is C12H14ClNO4. The summed E-state index contributed by atoms with van der Waals surface area (Å²) >= 11 is 5.84.